The molecular formula is C17H19F3N2O2. The highest BCUT2D eigenvalue weighted by molar-refractivity contribution is 5.96. The van der Waals surface area contributed by atoms with Gasteiger partial charge in [0, 0.05) is 18.7 Å². The van der Waals surface area contributed by atoms with Crippen LogP contribution in [0.4, 0.5) is 13.2 Å². The number of rotatable bonds is 3. The maximum absolute atomic E-state index is 13.1. The van der Waals surface area contributed by atoms with Crippen LogP contribution in [0.2, 0.25) is 0 Å². The molecule has 4 nitrogen and oxygen atoms in total. The van der Waals surface area contributed by atoms with Crippen molar-refractivity contribution in [2.45, 2.75) is 31.4 Å². The van der Waals surface area contributed by atoms with Crippen molar-refractivity contribution < 1.29 is 22.8 Å². The maximum atomic E-state index is 13.1. The number of alkyl halides is 3. The summed E-state index contributed by atoms with van der Waals surface area (Å²) < 4.78 is 39.4. The summed E-state index contributed by atoms with van der Waals surface area (Å²) in [7, 11) is 0. The van der Waals surface area contributed by atoms with E-state index in [1.54, 1.807) is 12.1 Å². The van der Waals surface area contributed by atoms with Crippen molar-refractivity contribution in [1.82, 2.24) is 4.90 Å². The highest BCUT2D eigenvalue weighted by Crippen LogP contribution is 2.40. The largest absolute Gasteiger partial charge is 0.394 e. The molecule has 0 aromatic heterocycles. The number of nitrogens with zero attached hydrogens (tertiary/aromatic N) is 1. The lowest BCUT2D eigenvalue weighted by Crippen LogP contribution is -2.37. The minimum atomic E-state index is -4.55. The zero-order chi connectivity index (χ0) is 17.5. The van der Waals surface area contributed by atoms with Crippen LogP contribution in [0.25, 0.3) is 0 Å². The van der Waals surface area contributed by atoms with Gasteiger partial charge < -0.3 is 10.6 Å². The lowest BCUT2D eigenvalue weighted by molar-refractivity contribution is -0.182. The smallest absolute Gasteiger partial charge is 0.369 e. The number of amides is 2. The van der Waals surface area contributed by atoms with Crippen LogP contribution in [-0.2, 0) is 4.79 Å². The van der Waals surface area contributed by atoms with E-state index < -0.39 is 36.4 Å². The third-order valence-electron chi connectivity index (χ3n) is 5.13. The molecule has 130 valence electrons. The van der Waals surface area contributed by atoms with Crippen LogP contribution in [0.1, 0.15) is 41.1 Å². The predicted octanol–water partition coefficient (Wildman–Crippen LogP) is 2.69. The number of carbonyl (C=O) groups excluding carboxylic acids is 2. The number of hydrogen-bond acceptors (Lipinski definition) is 2. The molecule has 7 heteroatoms. The first-order valence-corrected chi connectivity index (χ1v) is 8.03. The van der Waals surface area contributed by atoms with Crippen molar-refractivity contribution in [2.24, 2.45) is 17.6 Å². The van der Waals surface area contributed by atoms with Crippen LogP contribution in [0.5, 0.6) is 0 Å². The summed E-state index contributed by atoms with van der Waals surface area (Å²) >= 11 is 0. The van der Waals surface area contributed by atoms with Crippen molar-refractivity contribution in [2.75, 3.05) is 13.1 Å². The van der Waals surface area contributed by atoms with Gasteiger partial charge in [-0.25, -0.2) is 0 Å². The maximum Gasteiger partial charge on any atom is 0.394 e. The van der Waals surface area contributed by atoms with Gasteiger partial charge >= 0.3 is 6.18 Å². The van der Waals surface area contributed by atoms with Gasteiger partial charge in [0.25, 0.3) is 5.91 Å². The van der Waals surface area contributed by atoms with Gasteiger partial charge in [-0.2, -0.15) is 13.2 Å². The van der Waals surface area contributed by atoms with Gasteiger partial charge in [-0.1, -0.05) is 24.6 Å². The number of hydrogen-bond donors (Lipinski definition) is 1. The number of halogens is 3. The summed E-state index contributed by atoms with van der Waals surface area (Å²) in [5, 5.41) is 0. The van der Waals surface area contributed by atoms with Crippen molar-refractivity contribution in [3.63, 3.8) is 0 Å². The number of likely N-dealkylation sites (tertiary alicyclic amines) is 1. The molecule has 2 fully saturated rings. The number of carbonyl (C=O) groups is 2. The first-order valence-electron chi connectivity index (χ1n) is 8.03. The van der Waals surface area contributed by atoms with Gasteiger partial charge in [-0.15, -0.1) is 0 Å². The van der Waals surface area contributed by atoms with E-state index in [-0.39, 0.29) is 12.5 Å². The van der Waals surface area contributed by atoms with Crippen LogP contribution < -0.4 is 5.73 Å². The third kappa shape index (κ3) is 2.99. The Labute approximate surface area is 137 Å². The Balaban J connectivity index is 1.85. The van der Waals surface area contributed by atoms with Crippen LogP contribution in [0, 0.1) is 11.8 Å². The monoisotopic (exact) mass is 340 g/mol. The van der Waals surface area contributed by atoms with Gasteiger partial charge in [-0.3, -0.25) is 9.59 Å². The standard InChI is InChI=1S/C17H19F3N2O2/c18-17(19,20)14-9-22(8-13(14)15(21)23)16(24)12-7-2-1-6-11(12)10-4-3-5-10/h1-2,6-7,10,13-14H,3-5,8-9H2,(H2,21,23)/t13-,14-/m1/s1. The molecule has 3 rings (SSSR count). The zero-order valence-electron chi connectivity index (χ0n) is 13.1. The third-order valence-corrected chi connectivity index (χ3v) is 5.13. The van der Waals surface area contributed by atoms with Gasteiger partial charge in [-0.05, 0) is 30.4 Å². The summed E-state index contributed by atoms with van der Waals surface area (Å²) in [6.07, 6.45) is -1.49. The van der Waals surface area contributed by atoms with Crippen LogP contribution in [-0.4, -0.2) is 36.0 Å². The molecule has 0 radical (unpaired) electrons. The summed E-state index contributed by atoms with van der Waals surface area (Å²) in [4.78, 5) is 25.3. The van der Waals surface area contributed by atoms with Crippen molar-refractivity contribution >= 4 is 11.8 Å². The van der Waals surface area contributed by atoms with E-state index in [2.05, 4.69) is 0 Å². The fourth-order valence-electron chi connectivity index (χ4n) is 3.53. The Kier molecular flexibility index (Phi) is 4.27. The Bertz CT molecular complexity index is 655. The van der Waals surface area contributed by atoms with Gasteiger partial charge in [0.2, 0.25) is 5.91 Å². The summed E-state index contributed by atoms with van der Waals surface area (Å²) in [6.45, 7) is -0.799. The normalized spacial score (nSPS) is 24.7. The highest BCUT2D eigenvalue weighted by atomic mass is 19.4. The highest BCUT2D eigenvalue weighted by Gasteiger charge is 2.53. The second-order valence-electron chi connectivity index (χ2n) is 6.58. The minimum absolute atomic E-state index is 0.280. The van der Waals surface area contributed by atoms with E-state index in [0.717, 1.165) is 29.7 Å². The van der Waals surface area contributed by atoms with E-state index in [1.807, 2.05) is 12.1 Å². The molecule has 0 unspecified atom stereocenters. The van der Waals surface area contributed by atoms with Crippen molar-refractivity contribution in [3.05, 3.63) is 35.4 Å². The molecule has 1 heterocycles. The van der Waals surface area contributed by atoms with Crippen LogP contribution in [0.3, 0.4) is 0 Å². The van der Waals surface area contributed by atoms with Crippen molar-refractivity contribution in [1.29, 1.82) is 0 Å². The molecule has 1 saturated carbocycles. The molecule has 2 atom stereocenters. The SMILES string of the molecule is NC(=O)[C@@H]1CN(C(=O)c2ccccc2C2CCC2)C[C@H]1C(F)(F)F. The molecule has 2 aliphatic rings. The lowest BCUT2D eigenvalue weighted by atomic mass is 9.78. The van der Waals surface area contributed by atoms with E-state index in [9.17, 15) is 22.8 Å². The molecule has 1 aliphatic carbocycles. The van der Waals surface area contributed by atoms with Gasteiger partial charge in [0.05, 0.1) is 11.8 Å². The summed E-state index contributed by atoms with van der Waals surface area (Å²) in [5.74, 6) is -4.45. The van der Waals surface area contributed by atoms with Gasteiger partial charge in [0.1, 0.15) is 0 Å². The number of primary amides is 1. The predicted molar refractivity (Wildman–Crippen MR) is 81.2 cm³/mol. The quantitative estimate of drug-likeness (QED) is 0.919. The second kappa shape index (κ2) is 6.11. The van der Waals surface area contributed by atoms with Crippen molar-refractivity contribution in [3.8, 4) is 0 Å². The molecule has 1 aliphatic heterocycles. The fourth-order valence-corrected chi connectivity index (χ4v) is 3.53. The molecule has 2 N–H and O–H groups in total. The Morgan fingerprint density at radius 1 is 1.12 bits per heavy atom. The molecule has 1 aromatic carbocycles. The van der Waals surface area contributed by atoms with Gasteiger partial charge in [0.15, 0.2) is 0 Å². The average Bonchev–Trinajstić information content (AvgIpc) is 2.91. The zero-order valence-corrected chi connectivity index (χ0v) is 13.1. The average molecular weight is 340 g/mol. The molecule has 1 aromatic rings. The molecule has 0 bridgehead atoms. The Morgan fingerprint density at radius 2 is 1.79 bits per heavy atom. The Morgan fingerprint density at radius 3 is 2.29 bits per heavy atom. The first kappa shape index (κ1) is 16.8. The molecular weight excluding hydrogens is 321 g/mol. The minimum Gasteiger partial charge on any atom is -0.369 e. The topological polar surface area (TPSA) is 63.4 Å². The molecule has 24 heavy (non-hydrogen) atoms. The van der Waals surface area contributed by atoms with E-state index in [4.69, 9.17) is 5.73 Å². The fraction of sp³-hybridized carbons (Fsp3) is 0.529. The summed E-state index contributed by atoms with van der Waals surface area (Å²) in [6, 6.07) is 7.05. The second-order valence-corrected chi connectivity index (χ2v) is 6.58. The first-order chi connectivity index (χ1) is 11.3. The number of nitrogens with two attached hydrogens (primary N) is 1. The molecule has 2 amide bonds. The summed E-state index contributed by atoms with van der Waals surface area (Å²) in [5.41, 5.74) is 6.44. The number of benzene rings is 1. The van der Waals surface area contributed by atoms with E-state index in [0.29, 0.717) is 5.56 Å². The Hall–Kier alpha value is -2.05. The van der Waals surface area contributed by atoms with E-state index in [1.165, 1.54) is 0 Å². The molecule has 1 saturated heterocycles. The lowest BCUT2D eigenvalue weighted by Gasteiger charge is -2.28. The van der Waals surface area contributed by atoms with Crippen LogP contribution in [0.15, 0.2) is 24.3 Å². The van der Waals surface area contributed by atoms with Crippen LogP contribution >= 0.6 is 0 Å². The van der Waals surface area contributed by atoms with E-state index >= 15 is 0 Å². The molecule has 0 spiro atoms.